The maximum absolute atomic E-state index is 14.6. The van der Waals surface area contributed by atoms with Crippen LogP contribution in [0.2, 0.25) is 0 Å². The molecular formula is C25H30FN5. The van der Waals surface area contributed by atoms with Crippen molar-refractivity contribution < 1.29 is 4.39 Å². The zero-order valence-electron chi connectivity index (χ0n) is 18.1. The molecule has 2 aromatic carbocycles. The van der Waals surface area contributed by atoms with Gasteiger partial charge in [-0.2, -0.15) is 0 Å². The first kappa shape index (κ1) is 20.2. The van der Waals surface area contributed by atoms with Gasteiger partial charge in [-0.3, -0.25) is 4.90 Å². The number of halogens is 1. The minimum atomic E-state index is -0.205. The number of benzene rings is 2. The molecule has 1 saturated carbocycles. The quantitative estimate of drug-likeness (QED) is 0.530. The van der Waals surface area contributed by atoms with E-state index in [9.17, 15) is 4.39 Å². The van der Waals surface area contributed by atoms with E-state index in [0.29, 0.717) is 23.7 Å². The average Bonchev–Trinajstić information content (AvgIpc) is 3.55. The molecule has 1 aliphatic heterocycles. The highest BCUT2D eigenvalue weighted by molar-refractivity contribution is 5.86. The van der Waals surface area contributed by atoms with Gasteiger partial charge < -0.3 is 15.3 Å². The third kappa shape index (κ3) is 4.09. The third-order valence-electron chi connectivity index (χ3n) is 6.81. The Bertz CT molecular complexity index is 1090. The Kier molecular flexibility index (Phi) is 5.48. The lowest BCUT2D eigenvalue weighted by atomic mass is 9.95. The van der Waals surface area contributed by atoms with Gasteiger partial charge in [0.2, 0.25) is 0 Å². The number of likely N-dealkylation sites (tertiary alicyclic amines) is 1. The zero-order chi connectivity index (χ0) is 21.4. The van der Waals surface area contributed by atoms with E-state index in [0.717, 1.165) is 49.5 Å². The minimum Gasteiger partial charge on any atom is -0.388 e. The number of para-hydroxylation sites is 2. The highest BCUT2D eigenvalue weighted by Gasteiger charge is 2.29. The van der Waals surface area contributed by atoms with Crippen LogP contribution in [0.4, 0.5) is 10.1 Å². The molecule has 1 aliphatic carbocycles. The molecular weight excluding hydrogens is 389 g/mol. The second-order valence-corrected chi connectivity index (χ2v) is 8.99. The fourth-order valence-electron chi connectivity index (χ4n) is 4.84. The molecule has 2 aliphatic rings. The number of nitrogens with zero attached hydrogens (tertiary/aromatic N) is 3. The molecule has 0 radical (unpaired) electrons. The molecule has 5 nitrogen and oxygen atoms in total. The van der Waals surface area contributed by atoms with Crippen molar-refractivity contribution in [1.82, 2.24) is 14.5 Å². The summed E-state index contributed by atoms with van der Waals surface area (Å²) in [4.78, 5) is 7.36. The molecule has 5 rings (SSSR count). The topological polar surface area (TPSA) is 56.9 Å². The standard InChI is InChI=1S/C25H30FN5/c1-28-23-13-21(26)20(12-19(23)14-27)16-30-10-8-18(9-11-30)25-29-22-4-2-3-5-24(22)31(25)15-17-6-7-17/h2-5,12-14,17-18,27-28H,6-11,15-16H2,1H3. The lowest BCUT2D eigenvalue weighted by molar-refractivity contribution is 0.198. The first-order valence-corrected chi connectivity index (χ1v) is 11.3. The number of nitrogens with one attached hydrogen (secondary N) is 2. The maximum Gasteiger partial charge on any atom is 0.129 e. The van der Waals surface area contributed by atoms with E-state index in [1.54, 1.807) is 13.1 Å². The van der Waals surface area contributed by atoms with Crippen LogP contribution in [0, 0.1) is 17.1 Å². The summed E-state index contributed by atoms with van der Waals surface area (Å²) >= 11 is 0. The molecule has 6 heteroatoms. The molecule has 0 spiro atoms. The summed E-state index contributed by atoms with van der Waals surface area (Å²) in [6, 6.07) is 11.8. The first-order valence-electron chi connectivity index (χ1n) is 11.3. The number of aromatic nitrogens is 2. The van der Waals surface area contributed by atoms with Crippen LogP contribution >= 0.6 is 0 Å². The van der Waals surface area contributed by atoms with Crippen molar-refractivity contribution in [2.45, 2.75) is 44.7 Å². The zero-order valence-corrected chi connectivity index (χ0v) is 18.1. The predicted molar refractivity (Wildman–Crippen MR) is 124 cm³/mol. The fourth-order valence-corrected chi connectivity index (χ4v) is 4.84. The van der Waals surface area contributed by atoms with Crippen LogP contribution in [0.5, 0.6) is 0 Å². The van der Waals surface area contributed by atoms with Crippen molar-refractivity contribution in [3.05, 3.63) is 59.2 Å². The molecule has 0 bridgehead atoms. The second kappa shape index (κ2) is 8.42. The first-order chi connectivity index (χ1) is 15.2. The largest absolute Gasteiger partial charge is 0.388 e. The van der Waals surface area contributed by atoms with Gasteiger partial charge in [-0.05, 0) is 69.0 Å². The van der Waals surface area contributed by atoms with Crippen molar-refractivity contribution in [2.24, 2.45) is 5.92 Å². The van der Waals surface area contributed by atoms with Gasteiger partial charge in [0.25, 0.3) is 0 Å². The predicted octanol–water partition coefficient (Wildman–Crippen LogP) is 5.00. The number of hydrogen-bond donors (Lipinski definition) is 2. The van der Waals surface area contributed by atoms with Crippen LogP contribution in [-0.2, 0) is 13.1 Å². The second-order valence-electron chi connectivity index (χ2n) is 8.99. The summed E-state index contributed by atoms with van der Waals surface area (Å²) in [5.41, 5.74) is 4.41. The van der Waals surface area contributed by atoms with Crippen LogP contribution in [0.15, 0.2) is 36.4 Å². The molecule has 31 heavy (non-hydrogen) atoms. The van der Waals surface area contributed by atoms with E-state index in [1.807, 2.05) is 0 Å². The highest BCUT2D eigenvalue weighted by atomic mass is 19.1. The van der Waals surface area contributed by atoms with E-state index in [1.165, 1.54) is 36.5 Å². The fraction of sp³-hybridized carbons (Fsp3) is 0.440. The molecule has 162 valence electrons. The van der Waals surface area contributed by atoms with Crippen molar-refractivity contribution in [3.63, 3.8) is 0 Å². The summed E-state index contributed by atoms with van der Waals surface area (Å²) < 4.78 is 17.1. The maximum atomic E-state index is 14.6. The van der Waals surface area contributed by atoms with E-state index in [4.69, 9.17) is 10.4 Å². The van der Waals surface area contributed by atoms with Gasteiger partial charge in [0.1, 0.15) is 11.6 Å². The number of rotatable bonds is 7. The third-order valence-corrected chi connectivity index (χ3v) is 6.81. The van der Waals surface area contributed by atoms with Gasteiger partial charge >= 0.3 is 0 Å². The number of hydrogen-bond acceptors (Lipinski definition) is 4. The van der Waals surface area contributed by atoms with Crippen LogP contribution in [0.25, 0.3) is 11.0 Å². The van der Waals surface area contributed by atoms with Crippen LogP contribution in [0.1, 0.15) is 48.6 Å². The molecule has 3 aromatic rings. The Balaban J connectivity index is 1.31. The lowest BCUT2D eigenvalue weighted by Crippen LogP contribution is -2.33. The number of fused-ring (bicyclic) bond motifs is 1. The number of piperidine rings is 1. The Morgan fingerprint density at radius 2 is 1.94 bits per heavy atom. The average molecular weight is 420 g/mol. The van der Waals surface area contributed by atoms with E-state index in [-0.39, 0.29) is 5.82 Å². The summed E-state index contributed by atoms with van der Waals surface area (Å²) in [6.07, 6.45) is 6.04. The van der Waals surface area contributed by atoms with Gasteiger partial charge in [-0.25, -0.2) is 9.37 Å². The van der Waals surface area contributed by atoms with Gasteiger partial charge in [0.05, 0.1) is 11.0 Å². The molecule has 0 atom stereocenters. The lowest BCUT2D eigenvalue weighted by Gasteiger charge is -2.32. The van der Waals surface area contributed by atoms with Crippen molar-refractivity contribution in [2.75, 3.05) is 25.5 Å². The molecule has 2 heterocycles. The highest BCUT2D eigenvalue weighted by Crippen LogP contribution is 2.36. The Morgan fingerprint density at radius 3 is 2.65 bits per heavy atom. The molecule has 2 fully saturated rings. The monoisotopic (exact) mass is 419 g/mol. The smallest absolute Gasteiger partial charge is 0.129 e. The van der Waals surface area contributed by atoms with E-state index >= 15 is 0 Å². The SMILES string of the molecule is CNc1cc(F)c(CN2CCC(c3nc4ccccc4n3CC3CC3)CC2)cc1C=N. The minimum absolute atomic E-state index is 0.205. The van der Waals surface area contributed by atoms with Crippen LogP contribution in [-0.4, -0.2) is 40.8 Å². The van der Waals surface area contributed by atoms with Gasteiger partial charge in [0, 0.05) is 49.1 Å². The van der Waals surface area contributed by atoms with E-state index in [2.05, 4.69) is 39.0 Å². The molecule has 1 aromatic heterocycles. The Morgan fingerprint density at radius 1 is 1.16 bits per heavy atom. The van der Waals surface area contributed by atoms with Gasteiger partial charge in [0.15, 0.2) is 0 Å². The molecule has 2 N–H and O–H groups in total. The van der Waals surface area contributed by atoms with Gasteiger partial charge in [-0.15, -0.1) is 0 Å². The normalized spacial score (nSPS) is 17.9. The molecule has 0 unspecified atom stereocenters. The molecule has 0 amide bonds. The van der Waals surface area contributed by atoms with Crippen molar-refractivity contribution in [3.8, 4) is 0 Å². The summed E-state index contributed by atoms with van der Waals surface area (Å²) in [5, 5.41) is 10.6. The van der Waals surface area contributed by atoms with Crippen LogP contribution < -0.4 is 5.32 Å². The van der Waals surface area contributed by atoms with Crippen molar-refractivity contribution >= 4 is 22.9 Å². The van der Waals surface area contributed by atoms with Crippen LogP contribution in [0.3, 0.4) is 0 Å². The summed E-state index contributed by atoms with van der Waals surface area (Å²) in [5.74, 6) is 2.30. The van der Waals surface area contributed by atoms with Gasteiger partial charge in [-0.1, -0.05) is 12.1 Å². The Labute approximate surface area is 182 Å². The van der Waals surface area contributed by atoms with E-state index < -0.39 is 0 Å². The summed E-state index contributed by atoms with van der Waals surface area (Å²) in [7, 11) is 1.75. The summed E-state index contributed by atoms with van der Waals surface area (Å²) in [6.45, 7) is 3.54. The Hall–Kier alpha value is -2.73. The molecule has 1 saturated heterocycles. The number of imidazole rings is 1. The van der Waals surface area contributed by atoms with Crippen molar-refractivity contribution in [1.29, 1.82) is 5.41 Å². The number of anilines is 1.